The molecule has 0 amide bonds. The monoisotopic (exact) mass is 311 g/mol. The largest absolute Gasteiger partial charge is 0.293 e. The molecule has 2 aromatic heterocycles. The van der Waals surface area contributed by atoms with Gasteiger partial charge in [-0.2, -0.15) is 5.10 Å². The molecule has 0 radical (unpaired) electrons. The molecule has 108 valence electrons. The lowest BCUT2D eigenvalue weighted by molar-refractivity contribution is 0.215. The lowest BCUT2D eigenvalue weighted by Gasteiger charge is -2.24. The van der Waals surface area contributed by atoms with Gasteiger partial charge in [0.1, 0.15) is 10.0 Å². The standard InChI is InChI=1S/C13H18ClN5S/c1-9-6-10(2)19(16-9)7-11-4-3-5-18(11)8-12-13(14)20-17-15-12/h6,11H,3-5,7-8H2,1-2H3. The summed E-state index contributed by atoms with van der Waals surface area (Å²) in [6.45, 7) is 6.98. The zero-order valence-electron chi connectivity index (χ0n) is 11.7. The average Bonchev–Trinajstić information content (AvgIpc) is 3.06. The van der Waals surface area contributed by atoms with Crippen molar-refractivity contribution < 1.29 is 0 Å². The molecule has 1 unspecified atom stereocenters. The SMILES string of the molecule is Cc1cc(C)n(CC2CCCN2Cc2nnsc2Cl)n1. The van der Waals surface area contributed by atoms with E-state index in [2.05, 4.69) is 37.3 Å². The first-order valence-corrected chi connectivity index (χ1v) is 8.00. The van der Waals surface area contributed by atoms with Gasteiger partial charge >= 0.3 is 0 Å². The van der Waals surface area contributed by atoms with Crippen molar-refractivity contribution in [2.45, 2.75) is 45.8 Å². The van der Waals surface area contributed by atoms with E-state index >= 15 is 0 Å². The topological polar surface area (TPSA) is 46.8 Å². The van der Waals surface area contributed by atoms with Crippen LogP contribution >= 0.6 is 23.1 Å². The number of aryl methyl sites for hydroxylation is 2. The highest BCUT2D eigenvalue weighted by Crippen LogP contribution is 2.25. The van der Waals surface area contributed by atoms with Gasteiger partial charge in [0.05, 0.1) is 12.2 Å². The molecule has 0 aliphatic carbocycles. The van der Waals surface area contributed by atoms with Crippen LogP contribution in [0.2, 0.25) is 4.34 Å². The van der Waals surface area contributed by atoms with E-state index in [0.717, 1.165) is 31.0 Å². The molecule has 7 heteroatoms. The Hall–Kier alpha value is -0.980. The second-order valence-corrected chi connectivity index (χ2v) is 6.73. The molecule has 1 aliphatic rings. The van der Waals surface area contributed by atoms with E-state index in [-0.39, 0.29) is 0 Å². The van der Waals surface area contributed by atoms with E-state index in [1.165, 1.54) is 30.1 Å². The summed E-state index contributed by atoms with van der Waals surface area (Å²) >= 11 is 7.36. The van der Waals surface area contributed by atoms with Crippen molar-refractivity contribution >= 4 is 23.1 Å². The number of rotatable bonds is 4. The summed E-state index contributed by atoms with van der Waals surface area (Å²) in [6.07, 6.45) is 2.42. The number of aromatic nitrogens is 4. The molecular weight excluding hydrogens is 294 g/mol. The first-order chi connectivity index (χ1) is 9.63. The molecule has 3 rings (SSSR count). The summed E-state index contributed by atoms with van der Waals surface area (Å²) < 4.78 is 6.73. The quantitative estimate of drug-likeness (QED) is 0.871. The predicted octanol–water partition coefficient (Wildman–Crippen LogP) is 2.67. The molecule has 0 spiro atoms. The van der Waals surface area contributed by atoms with Gasteiger partial charge in [0.25, 0.3) is 0 Å². The predicted molar refractivity (Wildman–Crippen MR) is 80.1 cm³/mol. The normalized spacial score (nSPS) is 19.9. The molecule has 1 atom stereocenters. The van der Waals surface area contributed by atoms with Crippen LogP contribution in [0.25, 0.3) is 0 Å². The summed E-state index contributed by atoms with van der Waals surface area (Å²) in [5, 5.41) is 8.68. The van der Waals surface area contributed by atoms with Gasteiger partial charge in [-0.3, -0.25) is 9.58 Å². The van der Waals surface area contributed by atoms with Crippen LogP contribution in [0.15, 0.2) is 6.07 Å². The Kier molecular flexibility index (Phi) is 4.05. The Morgan fingerprint density at radius 2 is 2.30 bits per heavy atom. The summed E-state index contributed by atoms with van der Waals surface area (Å²) in [5.74, 6) is 0. The molecule has 0 aromatic carbocycles. The third kappa shape index (κ3) is 2.87. The van der Waals surface area contributed by atoms with E-state index in [1.54, 1.807) is 0 Å². The second kappa shape index (κ2) is 5.79. The van der Waals surface area contributed by atoms with Gasteiger partial charge in [0.2, 0.25) is 0 Å². The number of nitrogens with zero attached hydrogens (tertiary/aromatic N) is 5. The molecule has 2 aromatic rings. The van der Waals surface area contributed by atoms with Gasteiger partial charge in [-0.05, 0) is 39.3 Å². The van der Waals surface area contributed by atoms with Crippen molar-refractivity contribution in [3.8, 4) is 0 Å². The van der Waals surface area contributed by atoms with Crippen LogP contribution in [-0.4, -0.2) is 36.9 Å². The van der Waals surface area contributed by atoms with E-state index in [4.69, 9.17) is 11.6 Å². The Labute approximate surface area is 127 Å². The van der Waals surface area contributed by atoms with Gasteiger partial charge in [-0.25, -0.2) is 0 Å². The van der Waals surface area contributed by atoms with Gasteiger partial charge in [0.15, 0.2) is 0 Å². The molecule has 1 saturated heterocycles. The molecule has 1 fully saturated rings. The highest BCUT2D eigenvalue weighted by Gasteiger charge is 2.27. The van der Waals surface area contributed by atoms with E-state index in [9.17, 15) is 0 Å². The Balaban J connectivity index is 1.69. The van der Waals surface area contributed by atoms with Crippen LogP contribution in [0.1, 0.15) is 29.9 Å². The first-order valence-electron chi connectivity index (χ1n) is 6.85. The van der Waals surface area contributed by atoms with Crippen LogP contribution in [0.4, 0.5) is 0 Å². The molecule has 0 saturated carbocycles. The Bertz CT molecular complexity index is 593. The minimum absolute atomic E-state index is 0.505. The number of halogens is 1. The molecule has 0 N–H and O–H groups in total. The maximum atomic E-state index is 6.10. The Morgan fingerprint density at radius 3 is 2.95 bits per heavy atom. The summed E-state index contributed by atoms with van der Waals surface area (Å²) in [5.41, 5.74) is 3.21. The highest BCUT2D eigenvalue weighted by molar-refractivity contribution is 7.10. The maximum absolute atomic E-state index is 6.10. The zero-order chi connectivity index (χ0) is 14.1. The highest BCUT2D eigenvalue weighted by atomic mass is 35.5. The number of likely N-dealkylation sites (tertiary alicyclic amines) is 1. The lowest BCUT2D eigenvalue weighted by Crippen LogP contribution is -2.33. The number of hydrogen-bond donors (Lipinski definition) is 0. The zero-order valence-corrected chi connectivity index (χ0v) is 13.3. The van der Waals surface area contributed by atoms with Crippen molar-refractivity contribution in [1.82, 2.24) is 24.3 Å². The average molecular weight is 312 g/mol. The minimum Gasteiger partial charge on any atom is -0.293 e. The molecule has 1 aliphatic heterocycles. The van der Waals surface area contributed by atoms with Gasteiger partial charge in [0, 0.05) is 29.8 Å². The van der Waals surface area contributed by atoms with Crippen molar-refractivity contribution in [3.63, 3.8) is 0 Å². The molecule has 5 nitrogen and oxygen atoms in total. The lowest BCUT2D eigenvalue weighted by atomic mass is 10.2. The second-order valence-electron chi connectivity index (χ2n) is 5.37. The van der Waals surface area contributed by atoms with Gasteiger partial charge in [-0.15, -0.1) is 5.10 Å². The van der Waals surface area contributed by atoms with Crippen LogP contribution in [0.5, 0.6) is 0 Å². The van der Waals surface area contributed by atoms with Gasteiger partial charge < -0.3 is 0 Å². The first kappa shape index (κ1) is 14.0. The van der Waals surface area contributed by atoms with Crippen molar-refractivity contribution in [3.05, 3.63) is 27.5 Å². The number of hydrogen-bond acceptors (Lipinski definition) is 5. The summed E-state index contributed by atoms with van der Waals surface area (Å²) in [7, 11) is 0. The molecule has 3 heterocycles. The smallest absolute Gasteiger partial charge is 0.138 e. The third-order valence-corrected chi connectivity index (χ3v) is 4.83. The molecule has 0 bridgehead atoms. The summed E-state index contributed by atoms with van der Waals surface area (Å²) in [6, 6.07) is 2.63. The van der Waals surface area contributed by atoms with Crippen molar-refractivity contribution in [1.29, 1.82) is 0 Å². The minimum atomic E-state index is 0.505. The van der Waals surface area contributed by atoms with Crippen LogP contribution in [0, 0.1) is 13.8 Å². The summed E-state index contributed by atoms with van der Waals surface area (Å²) in [4.78, 5) is 2.44. The van der Waals surface area contributed by atoms with E-state index in [0.29, 0.717) is 10.4 Å². The van der Waals surface area contributed by atoms with Crippen LogP contribution in [0.3, 0.4) is 0 Å². The van der Waals surface area contributed by atoms with Crippen molar-refractivity contribution in [2.24, 2.45) is 0 Å². The third-order valence-electron chi connectivity index (χ3n) is 3.85. The molecule has 20 heavy (non-hydrogen) atoms. The molecular formula is C13H18ClN5S. The fourth-order valence-corrected chi connectivity index (χ4v) is 3.47. The fraction of sp³-hybridized carbons (Fsp3) is 0.615. The van der Waals surface area contributed by atoms with Crippen molar-refractivity contribution in [2.75, 3.05) is 6.54 Å². The Morgan fingerprint density at radius 1 is 1.45 bits per heavy atom. The van der Waals surface area contributed by atoms with E-state index in [1.807, 2.05) is 6.92 Å². The fourth-order valence-electron chi connectivity index (χ4n) is 2.85. The van der Waals surface area contributed by atoms with E-state index < -0.39 is 0 Å². The maximum Gasteiger partial charge on any atom is 0.138 e. The van der Waals surface area contributed by atoms with Crippen LogP contribution in [-0.2, 0) is 13.1 Å². The van der Waals surface area contributed by atoms with Gasteiger partial charge in [-0.1, -0.05) is 16.1 Å². The van der Waals surface area contributed by atoms with Crippen LogP contribution < -0.4 is 0 Å².